The van der Waals surface area contributed by atoms with Gasteiger partial charge in [-0.1, -0.05) is 0 Å². The Hall–Kier alpha value is -0.0105. The summed E-state index contributed by atoms with van der Waals surface area (Å²) in [5.41, 5.74) is 0. The average molecular weight is 177 g/mol. The molecule has 0 spiro atoms. The van der Waals surface area contributed by atoms with Gasteiger partial charge in [-0.25, -0.2) is 0 Å². The van der Waals surface area contributed by atoms with E-state index >= 15 is 0 Å². The van der Waals surface area contributed by atoms with Crippen LogP contribution in [0.4, 0.5) is 0 Å². The summed E-state index contributed by atoms with van der Waals surface area (Å²) in [6.45, 7) is 2.30. The first-order valence-corrected chi connectivity index (χ1v) is 3.53. The Morgan fingerprint density at radius 1 is 1.25 bits per heavy atom. The van der Waals surface area contributed by atoms with Crippen molar-refractivity contribution in [1.29, 1.82) is 0 Å². The van der Waals surface area contributed by atoms with Gasteiger partial charge in [0.15, 0.2) is 0 Å². The van der Waals surface area contributed by atoms with Crippen LogP contribution >= 0.6 is 0 Å². The zero-order valence-corrected chi connectivity index (χ0v) is 6.93. The van der Waals surface area contributed by atoms with Crippen molar-refractivity contribution in [1.82, 2.24) is 9.80 Å². The molecule has 1 aliphatic rings. The number of likely N-dealkylation sites (N-methyl/N-ethyl adjacent to an activating group) is 2. The molecule has 46 valence electrons. The van der Waals surface area contributed by atoms with Crippen molar-refractivity contribution in [2.24, 2.45) is 0 Å². The van der Waals surface area contributed by atoms with Gasteiger partial charge >= 0.3 is 57.2 Å². The third kappa shape index (κ3) is 0.884. The molecule has 1 fully saturated rings. The molecule has 0 radical (unpaired) electrons. The molecule has 1 aliphatic heterocycles. The van der Waals surface area contributed by atoms with E-state index in [2.05, 4.69) is 39.5 Å². The van der Waals surface area contributed by atoms with Crippen LogP contribution in [0.25, 0.3) is 0 Å². The van der Waals surface area contributed by atoms with Crippen LogP contribution in [-0.2, 0) is 0 Å². The molecule has 3 heteroatoms. The van der Waals surface area contributed by atoms with Gasteiger partial charge in [0.25, 0.3) is 0 Å². The molecule has 1 rings (SSSR count). The number of rotatable bonds is 0. The molecule has 1 heterocycles. The number of hydrogen-bond donors (Lipinski definition) is 0. The molecule has 0 aromatic heterocycles. The first kappa shape index (κ1) is 6.11. The predicted octanol–water partition coefficient (Wildman–Crippen LogP) is -0.881. The first-order valence-electron chi connectivity index (χ1n) is 2.68. The van der Waals surface area contributed by atoms with Crippen molar-refractivity contribution in [2.75, 3.05) is 27.2 Å². The molecule has 8 heavy (non-hydrogen) atoms. The molecule has 0 aliphatic carbocycles. The van der Waals surface area contributed by atoms with Crippen molar-refractivity contribution in [3.8, 4) is 0 Å². The first-order chi connectivity index (χ1) is 3.72. The second-order valence-corrected chi connectivity index (χ2v) is 2.89. The second kappa shape index (κ2) is 2.08. The van der Waals surface area contributed by atoms with Crippen molar-refractivity contribution < 1.29 is 0 Å². The maximum atomic E-state index is 3.01. The summed E-state index contributed by atoms with van der Waals surface area (Å²) in [6, 6.07) is 0. The Bertz CT molecular complexity index is 101. The topological polar surface area (TPSA) is 6.48 Å². The molecule has 0 aromatic carbocycles. The van der Waals surface area contributed by atoms with Crippen LogP contribution < -0.4 is 0 Å². The van der Waals surface area contributed by atoms with Crippen LogP contribution in [0.1, 0.15) is 0 Å². The van der Waals surface area contributed by atoms with Crippen LogP contribution in [-0.4, -0.2) is 57.2 Å². The number of nitrogens with zero attached hydrogens (tertiary/aromatic N) is 2. The second-order valence-electron chi connectivity index (χ2n) is 2.13. The summed E-state index contributed by atoms with van der Waals surface area (Å²) in [6.07, 6.45) is 0. The van der Waals surface area contributed by atoms with Crippen LogP contribution in [0.2, 0.25) is 0 Å². The van der Waals surface area contributed by atoms with Gasteiger partial charge in [0.05, 0.1) is 0 Å². The van der Waals surface area contributed by atoms with Crippen LogP contribution in [0.3, 0.4) is 0 Å². The van der Waals surface area contributed by atoms with Gasteiger partial charge in [-0.15, -0.1) is 0 Å². The summed E-state index contributed by atoms with van der Waals surface area (Å²) in [4.78, 5) is 4.42. The van der Waals surface area contributed by atoms with Gasteiger partial charge in [-0.3, -0.25) is 0 Å². The van der Waals surface area contributed by atoms with Crippen LogP contribution in [0, 0.1) is 0 Å². The monoisotopic (exact) mass is 178 g/mol. The van der Waals surface area contributed by atoms with Gasteiger partial charge in [-0.05, 0) is 0 Å². The normalized spacial score (nSPS) is 20.5. The molecule has 0 unspecified atom stereocenters. The number of hydrogen-bond acceptors (Lipinski definition) is 2. The predicted molar refractivity (Wildman–Crippen MR) is 36.0 cm³/mol. The van der Waals surface area contributed by atoms with E-state index in [1.807, 2.05) is 0 Å². The molecule has 0 bridgehead atoms. The van der Waals surface area contributed by atoms with Crippen LogP contribution in [0.15, 0.2) is 0 Å². The van der Waals surface area contributed by atoms with Crippen molar-refractivity contribution in [2.45, 2.75) is 0 Å². The Kier molecular flexibility index (Phi) is 1.59. The van der Waals surface area contributed by atoms with Gasteiger partial charge in [0.2, 0.25) is 0 Å². The van der Waals surface area contributed by atoms with Crippen LogP contribution in [0.5, 0.6) is 0 Å². The molecule has 1 saturated heterocycles. The minimum atomic E-state index is 1.15. The Balaban J connectivity index is 2.57. The third-order valence-electron chi connectivity index (χ3n) is 1.42. The molecule has 0 aromatic rings. The van der Waals surface area contributed by atoms with E-state index < -0.39 is 0 Å². The molecule has 0 amide bonds. The summed E-state index contributed by atoms with van der Waals surface area (Å²) in [5, 5.41) is 0. The minimum absolute atomic E-state index is 1.15. The SMILES string of the molecule is CN1CCN(C)C1=[Se]. The fraction of sp³-hybridized carbons (Fsp3) is 0.800. The van der Waals surface area contributed by atoms with Gasteiger partial charge in [0.1, 0.15) is 0 Å². The maximum absolute atomic E-state index is 3.01. The summed E-state index contributed by atoms with van der Waals surface area (Å²) >= 11 is 3.01. The molecule has 0 atom stereocenters. The quantitative estimate of drug-likeness (QED) is 0.443. The molecular weight excluding hydrogens is 167 g/mol. The van der Waals surface area contributed by atoms with E-state index in [1.54, 1.807) is 0 Å². The average Bonchev–Trinajstić information content (AvgIpc) is 1.98. The molecule has 0 N–H and O–H groups in total. The zero-order chi connectivity index (χ0) is 6.15. The molecule has 2 nitrogen and oxygen atoms in total. The van der Waals surface area contributed by atoms with Crippen molar-refractivity contribution >= 4 is 20.2 Å². The van der Waals surface area contributed by atoms with Gasteiger partial charge < -0.3 is 0 Å². The Morgan fingerprint density at radius 2 is 1.62 bits per heavy atom. The third-order valence-corrected chi connectivity index (χ3v) is 2.73. The van der Waals surface area contributed by atoms with Gasteiger partial charge in [0, 0.05) is 0 Å². The fourth-order valence-electron chi connectivity index (χ4n) is 0.783. The summed E-state index contributed by atoms with van der Waals surface area (Å²) < 4.78 is 1.25. The molecular formula is C5H10N2Se. The van der Waals surface area contributed by atoms with Crippen molar-refractivity contribution in [3.63, 3.8) is 0 Å². The zero-order valence-electron chi connectivity index (χ0n) is 5.22. The standard InChI is InChI=1S/C5H10N2Se/c1-6-3-4-7(2)5(6)8/h3-4H2,1-2H3. The fourth-order valence-corrected chi connectivity index (χ4v) is 1.17. The van der Waals surface area contributed by atoms with E-state index in [1.165, 1.54) is 4.67 Å². The van der Waals surface area contributed by atoms with E-state index in [0.29, 0.717) is 0 Å². The Labute approximate surface area is 57.8 Å². The van der Waals surface area contributed by atoms with E-state index in [9.17, 15) is 0 Å². The van der Waals surface area contributed by atoms with E-state index in [0.717, 1.165) is 13.1 Å². The molecule has 0 saturated carbocycles. The van der Waals surface area contributed by atoms with Gasteiger partial charge in [-0.2, -0.15) is 0 Å². The summed E-state index contributed by atoms with van der Waals surface area (Å²) in [5.74, 6) is 0. The van der Waals surface area contributed by atoms with E-state index in [-0.39, 0.29) is 0 Å². The summed E-state index contributed by atoms with van der Waals surface area (Å²) in [7, 11) is 4.19. The van der Waals surface area contributed by atoms with E-state index in [4.69, 9.17) is 0 Å². The Morgan fingerprint density at radius 3 is 1.75 bits per heavy atom. The van der Waals surface area contributed by atoms with Crippen molar-refractivity contribution in [3.05, 3.63) is 0 Å².